The molecule has 20 heavy (non-hydrogen) atoms. The molecule has 0 aromatic heterocycles. The van der Waals surface area contributed by atoms with Crippen molar-refractivity contribution in [3.63, 3.8) is 0 Å². The van der Waals surface area contributed by atoms with Crippen LogP contribution in [-0.2, 0) is 4.74 Å². The lowest BCUT2D eigenvalue weighted by Gasteiger charge is -2.34. The van der Waals surface area contributed by atoms with E-state index in [-0.39, 0.29) is 12.1 Å². The van der Waals surface area contributed by atoms with Crippen LogP contribution in [0, 0.1) is 5.92 Å². The van der Waals surface area contributed by atoms with Crippen LogP contribution in [0.2, 0.25) is 0 Å². The van der Waals surface area contributed by atoms with Crippen molar-refractivity contribution in [3.8, 4) is 5.75 Å². The fourth-order valence-corrected chi connectivity index (χ4v) is 3.20. The van der Waals surface area contributed by atoms with Gasteiger partial charge in [0.1, 0.15) is 5.75 Å². The molecule has 0 bridgehead atoms. The van der Waals surface area contributed by atoms with Gasteiger partial charge in [0.15, 0.2) is 0 Å². The quantitative estimate of drug-likeness (QED) is 0.862. The fourth-order valence-electron chi connectivity index (χ4n) is 3.20. The van der Waals surface area contributed by atoms with Crippen LogP contribution in [0.4, 0.5) is 0 Å². The molecule has 3 heteroatoms. The normalized spacial score (nSPS) is 19.6. The van der Waals surface area contributed by atoms with E-state index in [1.54, 1.807) is 7.11 Å². The molecule has 0 amide bonds. The summed E-state index contributed by atoms with van der Waals surface area (Å²) in [5, 5.41) is 0. The van der Waals surface area contributed by atoms with E-state index in [9.17, 15) is 0 Å². The van der Waals surface area contributed by atoms with Crippen LogP contribution < -0.4 is 10.5 Å². The Morgan fingerprint density at radius 1 is 1.15 bits per heavy atom. The average Bonchev–Trinajstić information content (AvgIpc) is 2.53. The smallest absolute Gasteiger partial charge is 0.118 e. The Morgan fingerprint density at radius 3 is 2.35 bits per heavy atom. The van der Waals surface area contributed by atoms with E-state index in [4.69, 9.17) is 15.2 Å². The van der Waals surface area contributed by atoms with Crippen LogP contribution >= 0.6 is 0 Å². The molecule has 1 aliphatic rings. The van der Waals surface area contributed by atoms with Gasteiger partial charge in [0.25, 0.3) is 0 Å². The maximum atomic E-state index is 6.48. The molecule has 0 aliphatic heterocycles. The molecule has 1 aromatic carbocycles. The minimum Gasteiger partial charge on any atom is -0.497 e. The first-order chi connectivity index (χ1) is 9.76. The Morgan fingerprint density at radius 2 is 1.80 bits per heavy atom. The molecule has 112 valence electrons. The number of rotatable bonds is 6. The lowest BCUT2D eigenvalue weighted by Crippen LogP contribution is -2.36. The van der Waals surface area contributed by atoms with Crippen molar-refractivity contribution in [3.05, 3.63) is 29.8 Å². The SMILES string of the molecule is CCOC(C1CCCCC1)C(N)c1ccc(OC)cc1. The van der Waals surface area contributed by atoms with E-state index in [0.717, 1.165) is 17.9 Å². The molecule has 2 N–H and O–H groups in total. The highest BCUT2D eigenvalue weighted by Crippen LogP contribution is 2.33. The Labute approximate surface area is 122 Å². The molecule has 0 saturated heterocycles. The van der Waals surface area contributed by atoms with Crippen molar-refractivity contribution >= 4 is 0 Å². The summed E-state index contributed by atoms with van der Waals surface area (Å²) in [6.07, 6.45) is 6.59. The van der Waals surface area contributed by atoms with E-state index in [2.05, 4.69) is 19.1 Å². The minimum atomic E-state index is -0.0519. The van der Waals surface area contributed by atoms with Crippen molar-refractivity contribution in [2.24, 2.45) is 11.7 Å². The van der Waals surface area contributed by atoms with Gasteiger partial charge in [0.2, 0.25) is 0 Å². The molecular weight excluding hydrogens is 250 g/mol. The van der Waals surface area contributed by atoms with Crippen LogP contribution in [0.15, 0.2) is 24.3 Å². The molecule has 2 rings (SSSR count). The molecule has 0 radical (unpaired) electrons. The predicted molar refractivity (Wildman–Crippen MR) is 81.9 cm³/mol. The minimum absolute atomic E-state index is 0.0519. The number of hydrogen-bond acceptors (Lipinski definition) is 3. The summed E-state index contributed by atoms with van der Waals surface area (Å²) >= 11 is 0. The van der Waals surface area contributed by atoms with E-state index < -0.39 is 0 Å². The topological polar surface area (TPSA) is 44.5 Å². The average molecular weight is 277 g/mol. The summed E-state index contributed by atoms with van der Waals surface area (Å²) in [5.41, 5.74) is 7.62. The summed E-state index contributed by atoms with van der Waals surface area (Å²) in [6, 6.07) is 8.00. The van der Waals surface area contributed by atoms with Crippen molar-refractivity contribution in [1.82, 2.24) is 0 Å². The summed E-state index contributed by atoms with van der Waals surface area (Å²) < 4.78 is 11.2. The molecule has 1 saturated carbocycles. The van der Waals surface area contributed by atoms with Gasteiger partial charge in [-0.1, -0.05) is 31.4 Å². The van der Waals surface area contributed by atoms with Gasteiger partial charge in [-0.2, -0.15) is 0 Å². The van der Waals surface area contributed by atoms with Crippen molar-refractivity contribution in [2.75, 3.05) is 13.7 Å². The Bertz CT molecular complexity index is 384. The van der Waals surface area contributed by atoms with Gasteiger partial charge in [-0.25, -0.2) is 0 Å². The molecular formula is C17H27NO2. The Balaban J connectivity index is 2.09. The van der Waals surface area contributed by atoms with Crippen LogP contribution in [-0.4, -0.2) is 19.8 Å². The van der Waals surface area contributed by atoms with Gasteiger partial charge in [0.05, 0.1) is 19.3 Å². The van der Waals surface area contributed by atoms with Gasteiger partial charge in [-0.05, 0) is 43.4 Å². The molecule has 0 heterocycles. The third-order valence-electron chi connectivity index (χ3n) is 4.33. The third kappa shape index (κ3) is 3.74. The fraction of sp³-hybridized carbons (Fsp3) is 0.647. The van der Waals surface area contributed by atoms with Gasteiger partial charge in [-0.15, -0.1) is 0 Å². The standard InChI is InChI=1S/C17H27NO2/c1-3-20-17(14-7-5-4-6-8-14)16(18)13-9-11-15(19-2)12-10-13/h9-12,14,16-17H,3-8,18H2,1-2H3. The largest absolute Gasteiger partial charge is 0.497 e. The van der Waals surface area contributed by atoms with Gasteiger partial charge >= 0.3 is 0 Å². The van der Waals surface area contributed by atoms with Crippen molar-refractivity contribution in [1.29, 1.82) is 0 Å². The van der Waals surface area contributed by atoms with E-state index in [1.165, 1.54) is 32.1 Å². The zero-order valence-electron chi connectivity index (χ0n) is 12.7. The number of methoxy groups -OCH3 is 1. The predicted octanol–water partition coefficient (Wildman–Crippen LogP) is 3.68. The summed E-state index contributed by atoms with van der Waals surface area (Å²) in [7, 11) is 1.68. The first-order valence-electron chi connectivity index (χ1n) is 7.77. The highest BCUT2D eigenvalue weighted by molar-refractivity contribution is 5.29. The van der Waals surface area contributed by atoms with Gasteiger partial charge in [0, 0.05) is 6.61 Å². The Hall–Kier alpha value is -1.06. The zero-order chi connectivity index (χ0) is 14.4. The van der Waals surface area contributed by atoms with Crippen LogP contribution in [0.5, 0.6) is 5.75 Å². The zero-order valence-corrected chi connectivity index (χ0v) is 12.7. The number of nitrogens with two attached hydrogens (primary N) is 1. The molecule has 2 unspecified atom stereocenters. The molecule has 1 fully saturated rings. The van der Waals surface area contributed by atoms with Gasteiger partial charge < -0.3 is 15.2 Å². The molecule has 3 nitrogen and oxygen atoms in total. The van der Waals surface area contributed by atoms with Crippen LogP contribution in [0.25, 0.3) is 0 Å². The highest BCUT2D eigenvalue weighted by atomic mass is 16.5. The van der Waals surface area contributed by atoms with E-state index in [1.807, 2.05) is 12.1 Å². The van der Waals surface area contributed by atoms with Crippen LogP contribution in [0.1, 0.15) is 50.6 Å². The summed E-state index contributed by atoms with van der Waals surface area (Å²) in [5.74, 6) is 1.47. The molecule has 2 atom stereocenters. The van der Waals surface area contributed by atoms with Gasteiger partial charge in [-0.3, -0.25) is 0 Å². The molecule has 0 spiro atoms. The molecule has 1 aromatic rings. The van der Waals surface area contributed by atoms with Crippen molar-refractivity contribution < 1.29 is 9.47 Å². The van der Waals surface area contributed by atoms with Crippen LogP contribution in [0.3, 0.4) is 0 Å². The first-order valence-corrected chi connectivity index (χ1v) is 7.77. The second kappa shape index (κ2) is 7.65. The third-order valence-corrected chi connectivity index (χ3v) is 4.33. The second-order valence-corrected chi connectivity index (χ2v) is 5.62. The maximum absolute atomic E-state index is 6.48. The van der Waals surface area contributed by atoms with E-state index >= 15 is 0 Å². The monoisotopic (exact) mass is 277 g/mol. The second-order valence-electron chi connectivity index (χ2n) is 5.62. The van der Waals surface area contributed by atoms with E-state index in [0.29, 0.717) is 5.92 Å². The number of benzene rings is 1. The summed E-state index contributed by atoms with van der Waals surface area (Å²) in [4.78, 5) is 0. The molecule has 1 aliphatic carbocycles. The summed E-state index contributed by atoms with van der Waals surface area (Å²) in [6.45, 7) is 2.78. The first kappa shape index (κ1) is 15.3. The highest BCUT2D eigenvalue weighted by Gasteiger charge is 2.29. The number of hydrogen-bond donors (Lipinski definition) is 1. The van der Waals surface area contributed by atoms with Crippen molar-refractivity contribution in [2.45, 2.75) is 51.2 Å². The Kier molecular flexibility index (Phi) is 5.86. The number of ether oxygens (including phenoxy) is 2. The maximum Gasteiger partial charge on any atom is 0.118 e. The lowest BCUT2D eigenvalue weighted by molar-refractivity contribution is -0.00986. The lowest BCUT2D eigenvalue weighted by atomic mass is 9.81.